The Kier molecular flexibility index (Phi) is 6.68. The largest absolute Gasteiger partial charge is 0.476 e. The van der Waals surface area contributed by atoms with Crippen LogP contribution in [0.15, 0.2) is 12.5 Å². The number of rotatable bonds is 8. The lowest BCUT2D eigenvalue weighted by atomic mass is 10.2. The lowest BCUT2D eigenvalue weighted by Crippen LogP contribution is -2.37. The summed E-state index contributed by atoms with van der Waals surface area (Å²) in [4.78, 5) is 25.7. The summed E-state index contributed by atoms with van der Waals surface area (Å²) in [7, 11) is 0. The minimum absolute atomic E-state index is 0.0111. The second-order valence-corrected chi connectivity index (χ2v) is 4.15. The number of nitrogens with zero attached hydrogens (tertiary/aromatic N) is 2. The van der Waals surface area contributed by atoms with Gasteiger partial charge < -0.3 is 20.3 Å². The summed E-state index contributed by atoms with van der Waals surface area (Å²) >= 11 is 0. The predicted molar refractivity (Wildman–Crippen MR) is 73.3 cm³/mol. The minimum atomic E-state index is -1.07. The van der Waals surface area contributed by atoms with E-state index in [0.29, 0.717) is 19.6 Å². The predicted octanol–water partition coefficient (Wildman–Crippen LogP) is 0.684. The van der Waals surface area contributed by atoms with Crippen LogP contribution in [0.1, 0.15) is 29.8 Å². The molecular formula is C13H18N4O3. The van der Waals surface area contributed by atoms with Crippen molar-refractivity contribution < 1.29 is 14.7 Å². The molecular weight excluding hydrogens is 260 g/mol. The molecule has 0 radical (unpaired) electrons. The Hall–Kier alpha value is -2.49. The zero-order valence-electron chi connectivity index (χ0n) is 11.1. The molecule has 1 aromatic rings. The summed E-state index contributed by atoms with van der Waals surface area (Å²) in [5.41, 5.74) is -0.0111. The van der Waals surface area contributed by atoms with Crippen molar-refractivity contribution in [3.63, 3.8) is 0 Å². The SMILES string of the molecule is C#CCCCCNC(=O)NCCn1cnc(C(=O)O)c1. The van der Waals surface area contributed by atoms with Gasteiger partial charge in [-0.05, 0) is 12.8 Å². The lowest BCUT2D eigenvalue weighted by molar-refractivity contribution is 0.0691. The molecule has 0 unspecified atom stereocenters. The van der Waals surface area contributed by atoms with E-state index in [-0.39, 0.29) is 11.7 Å². The molecule has 0 aliphatic rings. The Morgan fingerprint density at radius 2 is 2.10 bits per heavy atom. The van der Waals surface area contributed by atoms with Gasteiger partial charge in [-0.1, -0.05) is 0 Å². The third kappa shape index (κ3) is 5.91. The third-order valence-electron chi connectivity index (χ3n) is 2.54. The van der Waals surface area contributed by atoms with Crippen LogP contribution in [0.5, 0.6) is 0 Å². The number of amides is 2. The third-order valence-corrected chi connectivity index (χ3v) is 2.54. The maximum Gasteiger partial charge on any atom is 0.356 e. The first-order chi connectivity index (χ1) is 9.63. The number of aromatic carboxylic acids is 1. The molecule has 0 fully saturated rings. The van der Waals surface area contributed by atoms with Crippen molar-refractivity contribution >= 4 is 12.0 Å². The quantitative estimate of drug-likeness (QED) is 0.481. The fourth-order valence-corrected chi connectivity index (χ4v) is 1.51. The number of carboxylic acids is 1. The zero-order valence-corrected chi connectivity index (χ0v) is 11.1. The standard InChI is InChI=1S/C13H18N4O3/c1-2-3-4-5-6-14-13(20)15-7-8-17-9-11(12(18)19)16-10-17/h1,9-10H,3-8H2,(H,18,19)(H2,14,15,20). The van der Waals surface area contributed by atoms with E-state index in [1.807, 2.05) is 0 Å². The van der Waals surface area contributed by atoms with Crippen LogP contribution in [0.4, 0.5) is 4.79 Å². The smallest absolute Gasteiger partial charge is 0.356 e. The molecule has 1 aromatic heterocycles. The summed E-state index contributed by atoms with van der Waals surface area (Å²) < 4.78 is 1.61. The van der Waals surface area contributed by atoms with Gasteiger partial charge in [-0.25, -0.2) is 14.6 Å². The van der Waals surface area contributed by atoms with Crippen LogP contribution < -0.4 is 10.6 Å². The van der Waals surface area contributed by atoms with Crippen LogP contribution in [0.25, 0.3) is 0 Å². The Morgan fingerprint density at radius 3 is 2.75 bits per heavy atom. The molecule has 108 valence electrons. The lowest BCUT2D eigenvalue weighted by Gasteiger charge is -2.07. The average molecular weight is 278 g/mol. The van der Waals surface area contributed by atoms with Gasteiger partial charge in [0.2, 0.25) is 0 Å². The Bertz CT molecular complexity index is 490. The van der Waals surface area contributed by atoms with Crippen LogP contribution in [-0.4, -0.2) is 39.7 Å². The number of imidazole rings is 1. The molecule has 7 nitrogen and oxygen atoms in total. The van der Waals surface area contributed by atoms with Crippen molar-refractivity contribution in [1.82, 2.24) is 20.2 Å². The number of urea groups is 1. The number of aromatic nitrogens is 2. The molecule has 3 N–H and O–H groups in total. The van der Waals surface area contributed by atoms with Gasteiger partial charge in [0.15, 0.2) is 5.69 Å². The van der Waals surface area contributed by atoms with Crippen molar-refractivity contribution in [2.24, 2.45) is 0 Å². The van der Waals surface area contributed by atoms with E-state index in [4.69, 9.17) is 11.5 Å². The number of carbonyl (C=O) groups is 2. The highest BCUT2D eigenvalue weighted by molar-refractivity contribution is 5.84. The molecule has 0 aromatic carbocycles. The van der Waals surface area contributed by atoms with E-state index in [2.05, 4.69) is 21.5 Å². The molecule has 0 saturated carbocycles. The van der Waals surface area contributed by atoms with Gasteiger partial charge in [0.05, 0.1) is 6.33 Å². The molecule has 0 aliphatic carbocycles. The molecule has 1 heterocycles. The number of carboxylic acid groups (broad SMARTS) is 1. The molecule has 0 saturated heterocycles. The second-order valence-electron chi connectivity index (χ2n) is 4.15. The first-order valence-corrected chi connectivity index (χ1v) is 6.33. The van der Waals surface area contributed by atoms with Crippen molar-refractivity contribution in [1.29, 1.82) is 0 Å². The van der Waals surface area contributed by atoms with Crippen LogP contribution in [0, 0.1) is 12.3 Å². The number of carbonyl (C=O) groups excluding carboxylic acids is 1. The highest BCUT2D eigenvalue weighted by Crippen LogP contribution is 1.95. The Labute approximate surface area is 117 Å². The maximum absolute atomic E-state index is 11.4. The molecule has 2 amide bonds. The number of hydrogen-bond acceptors (Lipinski definition) is 3. The van der Waals surface area contributed by atoms with Crippen LogP contribution in [0.3, 0.4) is 0 Å². The van der Waals surface area contributed by atoms with Gasteiger partial charge in [-0.3, -0.25) is 0 Å². The fourth-order valence-electron chi connectivity index (χ4n) is 1.51. The molecule has 0 spiro atoms. The first kappa shape index (κ1) is 15.6. The normalized spacial score (nSPS) is 9.75. The van der Waals surface area contributed by atoms with Crippen molar-refractivity contribution in [2.45, 2.75) is 25.8 Å². The first-order valence-electron chi connectivity index (χ1n) is 6.33. The van der Waals surface area contributed by atoms with Crippen LogP contribution in [0.2, 0.25) is 0 Å². The number of hydrogen-bond donors (Lipinski definition) is 3. The van der Waals surface area contributed by atoms with E-state index >= 15 is 0 Å². The Balaban J connectivity index is 2.12. The highest BCUT2D eigenvalue weighted by atomic mass is 16.4. The summed E-state index contributed by atoms with van der Waals surface area (Å²) in [5.74, 6) is 1.47. The number of unbranched alkanes of at least 4 members (excludes halogenated alkanes) is 2. The van der Waals surface area contributed by atoms with Crippen molar-refractivity contribution in [2.75, 3.05) is 13.1 Å². The second kappa shape index (κ2) is 8.58. The molecule has 0 aliphatic heterocycles. The van der Waals surface area contributed by atoms with Gasteiger partial charge >= 0.3 is 12.0 Å². The van der Waals surface area contributed by atoms with E-state index < -0.39 is 5.97 Å². The van der Waals surface area contributed by atoms with Gasteiger partial charge in [0.25, 0.3) is 0 Å². The topological polar surface area (TPSA) is 96.3 Å². The van der Waals surface area contributed by atoms with Gasteiger partial charge in [-0.15, -0.1) is 12.3 Å². The van der Waals surface area contributed by atoms with E-state index in [0.717, 1.165) is 19.3 Å². The van der Waals surface area contributed by atoms with Gasteiger partial charge in [0, 0.05) is 32.3 Å². The highest BCUT2D eigenvalue weighted by Gasteiger charge is 2.06. The summed E-state index contributed by atoms with van der Waals surface area (Å²) in [6.07, 6.45) is 10.4. The summed E-state index contributed by atoms with van der Waals surface area (Å²) in [6.45, 7) is 1.44. The molecule has 20 heavy (non-hydrogen) atoms. The minimum Gasteiger partial charge on any atom is -0.476 e. The van der Waals surface area contributed by atoms with Crippen molar-refractivity contribution in [3.05, 3.63) is 18.2 Å². The maximum atomic E-state index is 11.4. The molecule has 0 bridgehead atoms. The van der Waals surface area contributed by atoms with Crippen LogP contribution in [-0.2, 0) is 6.54 Å². The van der Waals surface area contributed by atoms with Crippen molar-refractivity contribution in [3.8, 4) is 12.3 Å². The molecule has 7 heteroatoms. The average Bonchev–Trinajstić information content (AvgIpc) is 2.87. The zero-order chi connectivity index (χ0) is 14.8. The number of terminal acetylenes is 1. The Morgan fingerprint density at radius 1 is 1.35 bits per heavy atom. The van der Waals surface area contributed by atoms with Gasteiger partial charge in [-0.2, -0.15) is 0 Å². The molecule has 1 rings (SSSR count). The summed E-state index contributed by atoms with van der Waals surface area (Å²) in [5, 5.41) is 14.1. The van der Waals surface area contributed by atoms with E-state index in [9.17, 15) is 9.59 Å². The summed E-state index contributed by atoms with van der Waals surface area (Å²) in [6, 6.07) is -0.246. The fraction of sp³-hybridized carbons (Fsp3) is 0.462. The molecule has 0 atom stereocenters. The monoisotopic (exact) mass is 278 g/mol. The van der Waals surface area contributed by atoms with Crippen LogP contribution >= 0.6 is 0 Å². The van der Waals surface area contributed by atoms with E-state index in [1.54, 1.807) is 4.57 Å². The number of nitrogens with one attached hydrogen (secondary N) is 2. The van der Waals surface area contributed by atoms with Gasteiger partial charge in [0.1, 0.15) is 0 Å². The van der Waals surface area contributed by atoms with E-state index in [1.165, 1.54) is 12.5 Å².